The van der Waals surface area contributed by atoms with Gasteiger partial charge in [0.1, 0.15) is 5.92 Å². The fourth-order valence-corrected chi connectivity index (χ4v) is 5.03. The number of hydrogen-bond donors (Lipinski definition) is 1. The lowest BCUT2D eigenvalue weighted by atomic mass is 10.0. The molecule has 20 heavy (non-hydrogen) atoms. The Balaban J connectivity index is 2.26. The Labute approximate surface area is 137 Å². The van der Waals surface area contributed by atoms with Gasteiger partial charge in [0.25, 0.3) is 5.91 Å². The minimum atomic E-state index is -0.927. The van der Waals surface area contributed by atoms with Crippen LogP contribution >= 0.6 is 43.2 Å². The highest BCUT2D eigenvalue weighted by Crippen LogP contribution is 2.33. The summed E-state index contributed by atoms with van der Waals surface area (Å²) < 4.78 is 6.83. The molecule has 1 aliphatic rings. The van der Waals surface area contributed by atoms with Crippen molar-refractivity contribution in [3.8, 4) is 0 Å². The smallest absolute Gasteiger partial charge is 0.311 e. The molecule has 5 nitrogen and oxygen atoms in total. The number of likely N-dealkylation sites (N-methyl/N-ethyl adjacent to an activating group) is 1. The number of aliphatic carboxylic acids is 1. The van der Waals surface area contributed by atoms with E-state index in [1.807, 2.05) is 6.92 Å². The van der Waals surface area contributed by atoms with Gasteiger partial charge in [0.2, 0.25) is 0 Å². The summed E-state index contributed by atoms with van der Waals surface area (Å²) in [6, 6.07) is 1.32. The van der Waals surface area contributed by atoms with E-state index in [-0.39, 0.29) is 19.1 Å². The van der Waals surface area contributed by atoms with Crippen molar-refractivity contribution >= 4 is 55.1 Å². The zero-order chi connectivity index (χ0) is 14.9. The molecule has 1 N–H and O–H groups in total. The molecular weight excluding hydrogens is 414 g/mol. The summed E-state index contributed by atoms with van der Waals surface area (Å²) in [6.07, 6.45) is 0. The predicted molar refractivity (Wildman–Crippen MR) is 82.2 cm³/mol. The van der Waals surface area contributed by atoms with Gasteiger partial charge in [0.15, 0.2) is 0 Å². The third kappa shape index (κ3) is 3.08. The highest BCUT2D eigenvalue weighted by molar-refractivity contribution is 9.12. The second kappa shape index (κ2) is 6.55. The lowest BCUT2D eigenvalue weighted by molar-refractivity contribution is -0.142. The quantitative estimate of drug-likeness (QED) is 0.803. The lowest BCUT2D eigenvalue weighted by Gasteiger charge is -2.29. The number of amides is 1. The number of carbonyl (C=O) groups excluding carboxylic acids is 1. The number of carboxylic acid groups (broad SMARTS) is 1. The molecule has 0 saturated carbocycles. The fourth-order valence-electron chi connectivity index (χ4n) is 2.26. The molecule has 0 aromatic carbocycles. The van der Waals surface area contributed by atoms with E-state index in [1.54, 1.807) is 11.0 Å². The first kappa shape index (κ1) is 15.9. The van der Waals surface area contributed by atoms with Crippen LogP contribution in [-0.2, 0) is 9.53 Å². The van der Waals surface area contributed by atoms with Crippen molar-refractivity contribution in [1.29, 1.82) is 0 Å². The van der Waals surface area contributed by atoms with Gasteiger partial charge in [-0.15, -0.1) is 11.3 Å². The van der Waals surface area contributed by atoms with Gasteiger partial charge in [-0.1, -0.05) is 0 Å². The van der Waals surface area contributed by atoms with Gasteiger partial charge in [-0.05, 0) is 44.8 Å². The molecule has 2 atom stereocenters. The molecule has 8 heteroatoms. The molecule has 2 heterocycles. The summed E-state index contributed by atoms with van der Waals surface area (Å²) in [7, 11) is 0. The van der Waals surface area contributed by atoms with E-state index in [9.17, 15) is 14.7 Å². The Kier molecular flexibility index (Phi) is 5.22. The number of ether oxygens (including phenoxy) is 1. The minimum Gasteiger partial charge on any atom is -0.481 e. The van der Waals surface area contributed by atoms with E-state index < -0.39 is 17.9 Å². The molecule has 1 aromatic heterocycles. The van der Waals surface area contributed by atoms with Gasteiger partial charge in [0, 0.05) is 6.54 Å². The Morgan fingerprint density at radius 1 is 1.50 bits per heavy atom. The largest absolute Gasteiger partial charge is 0.481 e. The number of thiophene rings is 1. The molecule has 1 fully saturated rings. The van der Waals surface area contributed by atoms with Gasteiger partial charge < -0.3 is 14.7 Å². The Hall–Kier alpha value is -0.440. The third-order valence-corrected chi connectivity index (χ3v) is 5.60. The lowest BCUT2D eigenvalue weighted by Crippen LogP contribution is -2.46. The van der Waals surface area contributed by atoms with E-state index >= 15 is 0 Å². The molecule has 0 radical (unpaired) electrons. The monoisotopic (exact) mass is 425 g/mol. The molecule has 1 amide bonds. The van der Waals surface area contributed by atoms with Gasteiger partial charge in [-0.2, -0.15) is 0 Å². The summed E-state index contributed by atoms with van der Waals surface area (Å²) >= 11 is 8.11. The average molecular weight is 427 g/mol. The van der Waals surface area contributed by atoms with E-state index in [0.29, 0.717) is 12.1 Å². The number of halogens is 2. The van der Waals surface area contributed by atoms with E-state index in [4.69, 9.17) is 4.74 Å². The second-order valence-corrected chi connectivity index (χ2v) is 8.13. The molecule has 0 bridgehead atoms. The van der Waals surface area contributed by atoms with E-state index in [1.165, 1.54) is 11.3 Å². The van der Waals surface area contributed by atoms with Gasteiger partial charge in [-0.25, -0.2) is 0 Å². The van der Waals surface area contributed by atoms with Crippen LogP contribution in [0.1, 0.15) is 17.3 Å². The Morgan fingerprint density at radius 3 is 2.70 bits per heavy atom. The fraction of sp³-hybridized carbons (Fsp3) is 0.500. The first-order valence-corrected chi connectivity index (χ1v) is 8.42. The van der Waals surface area contributed by atoms with Crippen molar-refractivity contribution in [2.45, 2.75) is 13.0 Å². The zero-order valence-corrected chi connectivity index (χ0v) is 14.6. The van der Waals surface area contributed by atoms with Crippen LogP contribution in [0.15, 0.2) is 13.6 Å². The Morgan fingerprint density at radius 2 is 2.20 bits per heavy atom. The van der Waals surface area contributed by atoms with Gasteiger partial charge in [-0.3, -0.25) is 9.59 Å². The SMILES string of the molecule is CCN(C(=O)c1cc(Br)sc1Br)C1COCC1C(=O)O. The van der Waals surface area contributed by atoms with Crippen LogP contribution in [0.3, 0.4) is 0 Å². The number of carboxylic acids is 1. The maximum absolute atomic E-state index is 12.6. The van der Waals surface area contributed by atoms with Crippen LogP contribution in [0.4, 0.5) is 0 Å². The first-order chi connectivity index (χ1) is 9.45. The number of hydrogen-bond acceptors (Lipinski definition) is 4. The molecule has 0 spiro atoms. The molecular formula is C12H13Br2NO4S. The van der Waals surface area contributed by atoms with Crippen LogP contribution < -0.4 is 0 Å². The van der Waals surface area contributed by atoms with Gasteiger partial charge >= 0.3 is 5.97 Å². The minimum absolute atomic E-state index is 0.151. The van der Waals surface area contributed by atoms with Crippen molar-refractivity contribution in [3.05, 3.63) is 19.2 Å². The molecule has 1 aliphatic heterocycles. The van der Waals surface area contributed by atoms with Crippen molar-refractivity contribution < 1.29 is 19.4 Å². The highest BCUT2D eigenvalue weighted by Gasteiger charge is 2.40. The average Bonchev–Trinajstić information content (AvgIpc) is 2.97. The van der Waals surface area contributed by atoms with Crippen molar-refractivity contribution in [1.82, 2.24) is 4.90 Å². The predicted octanol–water partition coefficient (Wildman–Crippen LogP) is 2.83. The standard InChI is InChI=1S/C12H13Br2NO4S/c1-2-15(8-5-19-4-7(8)12(17)18)11(16)6-3-9(13)20-10(6)14/h3,7-8H,2,4-5H2,1H3,(H,17,18). The highest BCUT2D eigenvalue weighted by atomic mass is 79.9. The molecule has 110 valence electrons. The van der Waals surface area contributed by atoms with Crippen molar-refractivity contribution in [2.24, 2.45) is 5.92 Å². The van der Waals surface area contributed by atoms with Crippen LogP contribution in [0.2, 0.25) is 0 Å². The molecule has 1 aromatic rings. The summed E-state index contributed by atoms with van der Waals surface area (Å²) in [5, 5.41) is 9.21. The topological polar surface area (TPSA) is 66.8 Å². The molecule has 1 saturated heterocycles. The summed E-state index contributed by atoms with van der Waals surface area (Å²) in [5.74, 6) is -1.77. The first-order valence-electron chi connectivity index (χ1n) is 6.02. The van der Waals surface area contributed by atoms with Crippen molar-refractivity contribution in [3.63, 3.8) is 0 Å². The summed E-state index contributed by atoms with van der Waals surface area (Å²) in [4.78, 5) is 25.4. The Bertz CT molecular complexity index is 534. The molecule has 2 rings (SSSR count). The molecule has 0 aliphatic carbocycles. The van der Waals surface area contributed by atoms with E-state index in [2.05, 4.69) is 31.9 Å². The molecule has 2 unspecified atom stereocenters. The van der Waals surface area contributed by atoms with Crippen LogP contribution in [0.25, 0.3) is 0 Å². The maximum atomic E-state index is 12.6. The second-order valence-electron chi connectivity index (χ2n) is 4.38. The third-order valence-electron chi connectivity index (χ3n) is 3.26. The van der Waals surface area contributed by atoms with Crippen LogP contribution in [-0.4, -0.2) is 47.7 Å². The number of carbonyl (C=O) groups is 2. The van der Waals surface area contributed by atoms with Crippen molar-refractivity contribution in [2.75, 3.05) is 19.8 Å². The normalized spacial score (nSPS) is 21.9. The van der Waals surface area contributed by atoms with Crippen LogP contribution in [0, 0.1) is 5.92 Å². The zero-order valence-electron chi connectivity index (χ0n) is 10.6. The summed E-state index contributed by atoms with van der Waals surface area (Å²) in [6.45, 7) is 2.69. The van der Waals surface area contributed by atoms with Gasteiger partial charge in [0.05, 0.1) is 32.4 Å². The number of nitrogens with zero attached hydrogens (tertiary/aromatic N) is 1. The van der Waals surface area contributed by atoms with Crippen LogP contribution in [0.5, 0.6) is 0 Å². The maximum Gasteiger partial charge on any atom is 0.311 e. The van der Waals surface area contributed by atoms with E-state index in [0.717, 1.165) is 7.57 Å². The summed E-state index contributed by atoms with van der Waals surface area (Å²) in [5.41, 5.74) is 0.541. The number of rotatable bonds is 4.